The van der Waals surface area contributed by atoms with Gasteiger partial charge >= 0.3 is 0 Å². The largest absolute Gasteiger partial charge is 0.491 e. The Balaban J connectivity index is 1.76. The summed E-state index contributed by atoms with van der Waals surface area (Å²) in [6.45, 7) is 1.74. The number of carbonyl (C=O) groups excluding carboxylic acids is 2. The van der Waals surface area contributed by atoms with E-state index < -0.39 is 0 Å². The zero-order valence-corrected chi connectivity index (χ0v) is 15.8. The number of nitrogens with one attached hydrogen (secondary N) is 1. The molecule has 0 bridgehead atoms. The number of ketones is 1. The predicted molar refractivity (Wildman–Crippen MR) is 104 cm³/mol. The molecule has 1 amide bonds. The maximum atomic E-state index is 12.6. The minimum absolute atomic E-state index is 0.0000134. The lowest BCUT2D eigenvalue weighted by Gasteiger charge is -2.12. The first-order valence-corrected chi connectivity index (χ1v) is 8.56. The normalized spacial score (nSPS) is 10.5. The summed E-state index contributed by atoms with van der Waals surface area (Å²) in [5.74, 6) is -0.0412. The van der Waals surface area contributed by atoms with Crippen LogP contribution in [0.2, 0.25) is 0 Å². The van der Waals surface area contributed by atoms with Crippen molar-refractivity contribution in [3.8, 4) is 5.75 Å². The highest BCUT2D eigenvalue weighted by Crippen LogP contribution is 2.15. The van der Waals surface area contributed by atoms with Gasteiger partial charge in [0.1, 0.15) is 6.54 Å². The van der Waals surface area contributed by atoms with Gasteiger partial charge in [-0.05, 0) is 19.1 Å². The number of benzene rings is 1. The first-order chi connectivity index (χ1) is 13.4. The number of rotatable bonds is 6. The molecule has 0 aliphatic heterocycles. The van der Waals surface area contributed by atoms with E-state index >= 15 is 0 Å². The molecule has 0 aliphatic rings. The van der Waals surface area contributed by atoms with Crippen LogP contribution in [0.15, 0.2) is 53.7 Å². The van der Waals surface area contributed by atoms with E-state index in [-0.39, 0.29) is 29.4 Å². The molecule has 1 aromatic carbocycles. The van der Waals surface area contributed by atoms with Gasteiger partial charge in [-0.2, -0.15) is 0 Å². The molecule has 0 saturated carbocycles. The molecule has 144 valence electrons. The highest BCUT2D eigenvalue weighted by molar-refractivity contribution is 6.07. The molecule has 0 spiro atoms. The third-order valence-electron chi connectivity index (χ3n) is 4.28. The summed E-state index contributed by atoms with van der Waals surface area (Å²) in [6.07, 6.45) is 4.75. The lowest BCUT2D eigenvalue weighted by Crippen LogP contribution is -2.22. The van der Waals surface area contributed by atoms with Crippen molar-refractivity contribution < 1.29 is 14.3 Å². The molecular formula is C20H20N4O4. The SMILES string of the molecule is COc1cn(CC(=O)Nc2cccc(C(=O)c3nccn3C)c2)c(C)cc1=O. The van der Waals surface area contributed by atoms with Crippen molar-refractivity contribution in [1.82, 2.24) is 14.1 Å². The van der Waals surface area contributed by atoms with Gasteiger partial charge in [0.25, 0.3) is 0 Å². The van der Waals surface area contributed by atoms with Crippen LogP contribution >= 0.6 is 0 Å². The number of ether oxygens (including phenoxy) is 1. The monoisotopic (exact) mass is 380 g/mol. The average Bonchev–Trinajstić information content (AvgIpc) is 3.09. The maximum absolute atomic E-state index is 12.6. The predicted octanol–water partition coefficient (Wildman–Crippen LogP) is 1.77. The van der Waals surface area contributed by atoms with Gasteiger partial charge in [0.15, 0.2) is 11.6 Å². The molecule has 3 aromatic rings. The third-order valence-corrected chi connectivity index (χ3v) is 4.28. The van der Waals surface area contributed by atoms with Gasteiger partial charge in [0, 0.05) is 42.5 Å². The number of hydrogen-bond acceptors (Lipinski definition) is 5. The molecule has 0 fully saturated rings. The lowest BCUT2D eigenvalue weighted by molar-refractivity contribution is -0.116. The first-order valence-electron chi connectivity index (χ1n) is 8.56. The third kappa shape index (κ3) is 4.01. The smallest absolute Gasteiger partial charge is 0.244 e. The topological polar surface area (TPSA) is 95.2 Å². The van der Waals surface area contributed by atoms with E-state index in [1.54, 1.807) is 59.8 Å². The summed E-state index contributed by atoms with van der Waals surface area (Å²) in [5, 5.41) is 2.77. The lowest BCUT2D eigenvalue weighted by atomic mass is 10.1. The maximum Gasteiger partial charge on any atom is 0.244 e. The Morgan fingerprint density at radius 3 is 2.71 bits per heavy atom. The second-order valence-electron chi connectivity index (χ2n) is 6.30. The first kappa shape index (κ1) is 19.1. The van der Waals surface area contributed by atoms with E-state index in [0.29, 0.717) is 22.8 Å². The Morgan fingerprint density at radius 1 is 1.25 bits per heavy atom. The number of methoxy groups -OCH3 is 1. The summed E-state index contributed by atoms with van der Waals surface area (Å²) in [7, 11) is 3.15. The summed E-state index contributed by atoms with van der Waals surface area (Å²) in [6, 6.07) is 8.08. The highest BCUT2D eigenvalue weighted by Gasteiger charge is 2.15. The molecule has 28 heavy (non-hydrogen) atoms. The molecule has 8 heteroatoms. The van der Waals surface area contributed by atoms with Crippen LogP contribution in [0.3, 0.4) is 0 Å². The van der Waals surface area contributed by atoms with Crippen LogP contribution in [-0.2, 0) is 18.4 Å². The fraction of sp³-hybridized carbons (Fsp3) is 0.200. The number of pyridine rings is 1. The molecule has 0 atom stereocenters. The summed E-state index contributed by atoms with van der Waals surface area (Å²) in [5.41, 5.74) is 1.32. The Morgan fingerprint density at radius 2 is 2.04 bits per heavy atom. The second-order valence-corrected chi connectivity index (χ2v) is 6.30. The molecule has 2 aromatic heterocycles. The Bertz CT molecular complexity index is 1100. The van der Waals surface area contributed by atoms with Crippen molar-refractivity contribution in [1.29, 1.82) is 0 Å². The van der Waals surface area contributed by atoms with E-state index in [1.165, 1.54) is 19.4 Å². The van der Waals surface area contributed by atoms with E-state index in [2.05, 4.69) is 10.3 Å². The van der Waals surface area contributed by atoms with Crippen molar-refractivity contribution in [3.63, 3.8) is 0 Å². The van der Waals surface area contributed by atoms with E-state index in [0.717, 1.165) is 0 Å². The fourth-order valence-corrected chi connectivity index (χ4v) is 2.78. The molecule has 0 radical (unpaired) electrons. The molecular weight excluding hydrogens is 360 g/mol. The van der Waals surface area contributed by atoms with Crippen LogP contribution in [-0.4, -0.2) is 32.9 Å². The number of amides is 1. The molecule has 1 N–H and O–H groups in total. The average molecular weight is 380 g/mol. The highest BCUT2D eigenvalue weighted by atomic mass is 16.5. The zero-order valence-electron chi connectivity index (χ0n) is 15.8. The fourth-order valence-electron chi connectivity index (χ4n) is 2.78. The van der Waals surface area contributed by atoms with Gasteiger partial charge in [-0.25, -0.2) is 4.98 Å². The van der Waals surface area contributed by atoms with Crippen LogP contribution in [0.4, 0.5) is 5.69 Å². The van der Waals surface area contributed by atoms with E-state index in [1.807, 2.05) is 0 Å². The van der Waals surface area contributed by atoms with E-state index in [9.17, 15) is 14.4 Å². The van der Waals surface area contributed by atoms with Gasteiger partial charge in [-0.3, -0.25) is 14.4 Å². The van der Waals surface area contributed by atoms with Gasteiger partial charge in [-0.1, -0.05) is 12.1 Å². The molecule has 3 rings (SSSR count). The summed E-state index contributed by atoms with van der Waals surface area (Å²) >= 11 is 0. The number of aromatic nitrogens is 3. The van der Waals surface area contributed by atoms with Gasteiger partial charge < -0.3 is 19.2 Å². The minimum Gasteiger partial charge on any atom is -0.491 e. The van der Waals surface area contributed by atoms with Crippen molar-refractivity contribution in [3.05, 3.63) is 76.2 Å². The number of aryl methyl sites for hydroxylation is 2. The standard InChI is InChI=1S/C20H20N4O4/c1-13-9-16(25)17(28-3)11-24(13)12-18(26)22-15-6-4-5-14(10-15)19(27)20-21-7-8-23(20)2/h4-11H,12H2,1-3H3,(H,22,26). The molecule has 2 heterocycles. The number of nitrogens with zero attached hydrogens (tertiary/aromatic N) is 3. The van der Waals surface area contributed by atoms with Gasteiger partial charge in [0.2, 0.25) is 17.1 Å². The number of imidazole rings is 1. The van der Waals surface area contributed by atoms with Crippen molar-refractivity contribution in [2.45, 2.75) is 13.5 Å². The van der Waals surface area contributed by atoms with Crippen LogP contribution in [0.1, 0.15) is 21.9 Å². The van der Waals surface area contributed by atoms with Crippen LogP contribution in [0.5, 0.6) is 5.75 Å². The number of carbonyl (C=O) groups is 2. The number of anilines is 1. The summed E-state index contributed by atoms with van der Waals surface area (Å²) < 4.78 is 8.28. The van der Waals surface area contributed by atoms with E-state index in [4.69, 9.17) is 4.74 Å². The zero-order chi connectivity index (χ0) is 20.3. The van der Waals surface area contributed by atoms with Crippen molar-refractivity contribution in [2.75, 3.05) is 12.4 Å². The second kappa shape index (κ2) is 7.91. The van der Waals surface area contributed by atoms with Gasteiger partial charge in [-0.15, -0.1) is 0 Å². The number of hydrogen-bond donors (Lipinski definition) is 1. The Labute approximate surface area is 161 Å². The molecule has 0 unspecified atom stereocenters. The van der Waals surface area contributed by atoms with Crippen LogP contribution in [0.25, 0.3) is 0 Å². The Kier molecular flexibility index (Phi) is 5.39. The summed E-state index contributed by atoms with van der Waals surface area (Å²) in [4.78, 5) is 40.8. The Hall–Kier alpha value is -3.68. The van der Waals surface area contributed by atoms with Crippen LogP contribution in [0, 0.1) is 6.92 Å². The molecule has 8 nitrogen and oxygen atoms in total. The van der Waals surface area contributed by atoms with Crippen LogP contribution < -0.4 is 15.5 Å². The minimum atomic E-state index is -0.296. The van der Waals surface area contributed by atoms with Gasteiger partial charge in [0.05, 0.1) is 13.3 Å². The molecule has 0 aliphatic carbocycles. The quantitative estimate of drug-likeness (QED) is 0.658. The van der Waals surface area contributed by atoms with Crippen molar-refractivity contribution >= 4 is 17.4 Å². The molecule has 0 saturated heterocycles. The van der Waals surface area contributed by atoms with Crippen molar-refractivity contribution in [2.24, 2.45) is 7.05 Å².